The van der Waals surface area contributed by atoms with Crippen LogP contribution in [0, 0.1) is 5.92 Å². The maximum absolute atomic E-state index is 3.39. The van der Waals surface area contributed by atoms with Gasteiger partial charge in [0, 0.05) is 0 Å². The summed E-state index contributed by atoms with van der Waals surface area (Å²) >= 11 is 0. The van der Waals surface area contributed by atoms with Gasteiger partial charge in [0.2, 0.25) is 0 Å². The molecule has 0 nitrogen and oxygen atoms in total. The Balaban J connectivity index is 0. The third-order valence-electron chi connectivity index (χ3n) is 7.12. The minimum absolute atomic E-state index is 0. The summed E-state index contributed by atoms with van der Waals surface area (Å²) in [5.74, 6) is 0.939. The van der Waals surface area contributed by atoms with Gasteiger partial charge < -0.3 is 0 Å². The molecule has 2 heteroatoms. The summed E-state index contributed by atoms with van der Waals surface area (Å²) in [7, 11) is 3.39. The van der Waals surface area contributed by atoms with Crippen LogP contribution in [0.25, 0.3) is 0 Å². The molecule has 30 heavy (non-hydrogen) atoms. The van der Waals surface area contributed by atoms with Crippen LogP contribution in [0.1, 0.15) is 169 Å². The molecule has 0 aliphatic heterocycles. The Bertz CT molecular complexity index is 310. The van der Waals surface area contributed by atoms with Crippen molar-refractivity contribution in [1.82, 2.24) is 0 Å². The largest absolute Gasteiger partial charge is 0.147 e. The molecule has 0 fully saturated rings. The fourth-order valence-electron chi connectivity index (χ4n) is 4.95. The highest BCUT2D eigenvalue weighted by Gasteiger charge is 2.32. The number of rotatable bonds is 23. The summed E-state index contributed by atoms with van der Waals surface area (Å²) in [4.78, 5) is 0. The molecule has 0 saturated heterocycles. The van der Waals surface area contributed by atoms with Gasteiger partial charge in [0.25, 0.3) is 0 Å². The fourth-order valence-corrected chi connectivity index (χ4v) is 5.69. The first-order valence-corrected chi connectivity index (χ1v) is 14.5. The molecule has 0 aromatic heterocycles. The van der Waals surface area contributed by atoms with Crippen LogP contribution in [0.15, 0.2) is 0 Å². The van der Waals surface area contributed by atoms with Crippen LogP contribution >= 0.6 is 21.6 Å². The molecule has 0 bridgehead atoms. The molecule has 0 aromatic carbocycles. The van der Waals surface area contributed by atoms with E-state index >= 15 is 0 Å². The third-order valence-corrected chi connectivity index (χ3v) is 8.17. The van der Waals surface area contributed by atoms with Gasteiger partial charge in [-0.05, 0) is 36.8 Å². The first-order valence-electron chi connectivity index (χ1n) is 13.9. The molecule has 0 aromatic rings. The zero-order valence-corrected chi connectivity index (χ0v) is 23.6. The molecule has 0 aliphatic rings. The second-order valence-corrected chi connectivity index (χ2v) is 11.1. The van der Waals surface area contributed by atoms with Crippen LogP contribution in [-0.2, 0) is 0 Å². The summed E-state index contributed by atoms with van der Waals surface area (Å²) in [6, 6.07) is 0. The zero-order valence-electron chi connectivity index (χ0n) is 21.6. The zero-order chi connectivity index (χ0) is 21.6. The van der Waals surface area contributed by atoms with Crippen molar-refractivity contribution in [2.45, 2.75) is 174 Å². The molecule has 184 valence electrons. The first-order chi connectivity index (χ1) is 14.1. The van der Waals surface area contributed by atoms with Crippen LogP contribution in [-0.4, -0.2) is 5.16 Å². The van der Waals surface area contributed by atoms with E-state index in [9.17, 15) is 0 Å². The molecular formula is C28H60ClP. The Labute approximate surface area is 201 Å². The lowest BCUT2D eigenvalue weighted by atomic mass is 9.77. The number of hydrogen-bond donors (Lipinski definition) is 0. The average molecular weight is 463 g/mol. The molecular weight excluding hydrogens is 403 g/mol. The summed E-state index contributed by atoms with van der Waals surface area (Å²) in [6.07, 6.45) is 31.7. The van der Waals surface area contributed by atoms with Crippen LogP contribution in [0.4, 0.5) is 0 Å². The molecule has 0 amide bonds. The van der Waals surface area contributed by atoms with Gasteiger partial charge >= 0.3 is 0 Å². The normalized spacial score (nSPS) is 12.7. The Kier molecular flexibility index (Phi) is 26.7. The van der Waals surface area contributed by atoms with Gasteiger partial charge in [0.05, 0.1) is 0 Å². The van der Waals surface area contributed by atoms with Gasteiger partial charge in [0.15, 0.2) is 0 Å². The van der Waals surface area contributed by atoms with Crippen molar-refractivity contribution in [3.63, 3.8) is 0 Å². The molecule has 2 unspecified atom stereocenters. The molecule has 0 saturated carbocycles. The lowest BCUT2D eigenvalue weighted by molar-refractivity contribution is 0.274. The monoisotopic (exact) mass is 462 g/mol. The molecule has 0 spiro atoms. The van der Waals surface area contributed by atoms with E-state index in [0.717, 1.165) is 5.92 Å². The van der Waals surface area contributed by atoms with Crippen molar-refractivity contribution >= 4 is 21.6 Å². The van der Waals surface area contributed by atoms with Crippen LogP contribution in [0.3, 0.4) is 0 Å². The van der Waals surface area contributed by atoms with E-state index in [-0.39, 0.29) is 12.4 Å². The molecule has 0 radical (unpaired) electrons. The molecule has 0 N–H and O–H groups in total. The van der Waals surface area contributed by atoms with Crippen molar-refractivity contribution in [3.8, 4) is 0 Å². The van der Waals surface area contributed by atoms with Crippen LogP contribution in [0.5, 0.6) is 0 Å². The predicted molar refractivity (Wildman–Crippen MR) is 147 cm³/mol. The Morgan fingerprint density at radius 3 is 1.20 bits per heavy atom. The van der Waals surface area contributed by atoms with E-state index in [2.05, 4.69) is 36.9 Å². The lowest BCUT2D eigenvalue weighted by Gasteiger charge is -2.39. The molecule has 0 heterocycles. The second-order valence-electron chi connectivity index (χ2n) is 9.96. The average Bonchev–Trinajstić information content (AvgIpc) is 2.73. The summed E-state index contributed by atoms with van der Waals surface area (Å²) in [6.45, 7) is 9.39. The van der Waals surface area contributed by atoms with Gasteiger partial charge in [-0.1, -0.05) is 143 Å². The Morgan fingerprint density at radius 2 is 0.800 bits per heavy atom. The Hall–Kier alpha value is 0.720. The van der Waals surface area contributed by atoms with Gasteiger partial charge in [0.1, 0.15) is 0 Å². The highest BCUT2D eigenvalue weighted by Crippen LogP contribution is 2.43. The summed E-state index contributed by atoms with van der Waals surface area (Å²) in [5, 5.41) is 0.527. The first kappa shape index (κ1) is 32.9. The highest BCUT2D eigenvalue weighted by atomic mass is 35.5. The number of hydrogen-bond acceptors (Lipinski definition) is 0. The van der Waals surface area contributed by atoms with Crippen LogP contribution in [0.2, 0.25) is 0 Å². The maximum atomic E-state index is 3.39. The highest BCUT2D eigenvalue weighted by molar-refractivity contribution is 7.19. The fraction of sp³-hybridized carbons (Fsp3) is 1.00. The topological polar surface area (TPSA) is 0 Å². The van der Waals surface area contributed by atoms with E-state index < -0.39 is 0 Å². The SMILES string of the molecule is CCCCCCCCCCCCCCC(CCCC)C(P)(CCCC)CCCC.Cl. The van der Waals surface area contributed by atoms with E-state index in [1.165, 1.54) is 141 Å². The maximum Gasteiger partial charge on any atom is -0.0122 e. The quantitative estimate of drug-likeness (QED) is 0.104. The predicted octanol–water partition coefficient (Wildman–Crippen LogP) is 11.3. The van der Waals surface area contributed by atoms with Gasteiger partial charge in [-0.15, -0.1) is 21.6 Å². The molecule has 0 aliphatic carbocycles. The van der Waals surface area contributed by atoms with E-state index in [0.29, 0.717) is 5.16 Å². The van der Waals surface area contributed by atoms with Crippen molar-refractivity contribution in [2.75, 3.05) is 0 Å². The summed E-state index contributed by atoms with van der Waals surface area (Å²) in [5.41, 5.74) is 0. The number of halogens is 1. The number of unbranched alkanes of at least 4 members (excludes halogenated alkanes) is 14. The van der Waals surface area contributed by atoms with Crippen molar-refractivity contribution in [1.29, 1.82) is 0 Å². The van der Waals surface area contributed by atoms with E-state index in [1.807, 2.05) is 0 Å². The van der Waals surface area contributed by atoms with E-state index in [1.54, 1.807) is 0 Å². The van der Waals surface area contributed by atoms with Crippen molar-refractivity contribution in [2.24, 2.45) is 5.92 Å². The smallest absolute Gasteiger partial charge is 0.0122 e. The second kappa shape index (κ2) is 24.4. The minimum atomic E-state index is 0. The van der Waals surface area contributed by atoms with E-state index in [4.69, 9.17) is 0 Å². The van der Waals surface area contributed by atoms with Gasteiger partial charge in [-0.2, -0.15) is 0 Å². The van der Waals surface area contributed by atoms with Crippen LogP contribution < -0.4 is 0 Å². The standard InChI is InChI=1S/C28H59P.ClH/c1-5-9-13-14-15-16-17-18-19-20-21-22-24-27(23-10-6-2)28(29,25-11-7-3)26-12-8-4;/h27H,5-26,29H2,1-4H3;1H. The van der Waals surface area contributed by atoms with Crippen molar-refractivity contribution in [3.05, 3.63) is 0 Å². The van der Waals surface area contributed by atoms with Gasteiger partial charge in [-0.25, -0.2) is 0 Å². The molecule has 0 rings (SSSR count). The lowest BCUT2D eigenvalue weighted by Crippen LogP contribution is -2.32. The van der Waals surface area contributed by atoms with Crippen molar-refractivity contribution < 1.29 is 0 Å². The summed E-state index contributed by atoms with van der Waals surface area (Å²) < 4.78 is 0. The Morgan fingerprint density at radius 1 is 0.467 bits per heavy atom. The minimum Gasteiger partial charge on any atom is -0.147 e. The third kappa shape index (κ3) is 18.3. The van der Waals surface area contributed by atoms with Gasteiger partial charge in [-0.3, -0.25) is 0 Å². The molecule has 2 atom stereocenters.